The summed E-state index contributed by atoms with van der Waals surface area (Å²) in [6, 6.07) is 7.41. The molecule has 0 aliphatic carbocycles. The Morgan fingerprint density at radius 2 is 1.96 bits per heavy atom. The number of nitrogens with zero attached hydrogens (tertiary/aromatic N) is 1. The summed E-state index contributed by atoms with van der Waals surface area (Å²) in [6.45, 7) is 1.78. The molecule has 0 atom stereocenters. The van der Waals surface area contributed by atoms with Crippen LogP contribution >= 0.6 is 34.3 Å². The number of aromatic hydroxyl groups is 1. The van der Waals surface area contributed by atoms with E-state index >= 15 is 0 Å². The zero-order chi connectivity index (χ0) is 18.2. The molecular formula is C16H11ClF3NO2S2. The van der Waals surface area contributed by atoms with E-state index in [2.05, 4.69) is 4.98 Å². The Hall–Kier alpha value is -1.77. The predicted octanol–water partition coefficient (Wildman–Crippen LogP) is 6.14. The Balaban J connectivity index is 1.88. The van der Waals surface area contributed by atoms with Gasteiger partial charge in [-0.05, 0) is 42.8 Å². The van der Waals surface area contributed by atoms with Crippen LogP contribution in [-0.2, 0) is 12.8 Å². The summed E-state index contributed by atoms with van der Waals surface area (Å²) in [5, 5.41) is 10.1. The van der Waals surface area contributed by atoms with Crippen LogP contribution < -0.4 is 4.74 Å². The summed E-state index contributed by atoms with van der Waals surface area (Å²) < 4.78 is 44.4. The molecule has 3 heterocycles. The van der Waals surface area contributed by atoms with Gasteiger partial charge in [-0.25, -0.2) is 4.98 Å². The topological polar surface area (TPSA) is 42.4 Å². The Morgan fingerprint density at radius 3 is 2.56 bits per heavy atom. The number of pyridine rings is 1. The molecule has 0 spiro atoms. The smallest absolute Gasteiger partial charge is 0.425 e. The Bertz CT molecular complexity index is 905. The summed E-state index contributed by atoms with van der Waals surface area (Å²) >= 11 is 7.78. The van der Waals surface area contributed by atoms with E-state index in [4.69, 9.17) is 16.3 Å². The lowest BCUT2D eigenvalue weighted by atomic mass is 10.2. The second-order valence-electron chi connectivity index (χ2n) is 5.13. The largest absolute Gasteiger partial charge is 0.503 e. The van der Waals surface area contributed by atoms with Crippen LogP contribution in [0, 0.1) is 6.92 Å². The highest BCUT2D eigenvalue weighted by Gasteiger charge is 2.32. The number of aromatic nitrogens is 1. The minimum atomic E-state index is -4.40. The Kier molecular flexibility index (Phi) is 4.95. The van der Waals surface area contributed by atoms with Crippen molar-refractivity contribution in [2.75, 3.05) is 0 Å². The molecule has 3 rings (SSSR count). The van der Waals surface area contributed by atoms with E-state index in [1.165, 1.54) is 23.5 Å². The zero-order valence-corrected chi connectivity index (χ0v) is 15.1. The highest BCUT2D eigenvalue weighted by atomic mass is 35.5. The van der Waals surface area contributed by atoms with Crippen LogP contribution in [0.3, 0.4) is 0 Å². The Morgan fingerprint density at radius 1 is 1.20 bits per heavy atom. The van der Waals surface area contributed by atoms with Crippen molar-refractivity contribution in [3.05, 3.63) is 50.0 Å². The molecule has 0 saturated heterocycles. The van der Waals surface area contributed by atoms with Gasteiger partial charge in [0.25, 0.3) is 5.88 Å². The van der Waals surface area contributed by atoms with Crippen LogP contribution in [0.15, 0.2) is 30.3 Å². The van der Waals surface area contributed by atoms with Crippen LogP contribution in [0.25, 0.3) is 10.6 Å². The van der Waals surface area contributed by atoms with Crippen LogP contribution in [-0.4, -0.2) is 10.1 Å². The summed E-state index contributed by atoms with van der Waals surface area (Å²) in [5.41, 5.74) is 0.779. The fraction of sp³-hybridized carbons (Fsp3) is 0.188. The Labute approximate surface area is 154 Å². The van der Waals surface area contributed by atoms with Gasteiger partial charge < -0.3 is 9.84 Å². The molecule has 0 aromatic carbocycles. The monoisotopic (exact) mass is 405 g/mol. The van der Waals surface area contributed by atoms with Crippen LogP contribution in [0.1, 0.15) is 15.3 Å². The van der Waals surface area contributed by atoms with Gasteiger partial charge in [0.05, 0.1) is 14.9 Å². The van der Waals surface area contributed by atoms with E-state index < -0.39 is 11.1 Å². The van der Waals surface area contributed by atoms with Crippen molar-refractivity contribution in [3.63, 3.8) is 0 Å². The molecule has 1 N–H and O–H groups in total. The molecule has 9 heteroatoms. The lowest BCUT2D eigenvalue weighted by Gasteiger charge is -2.10. The molecule has 3 aromatic rings. The SMILES string of the molecule is Cc1cc(-c2ccc(C(F)(F)F)s2)nc(OCc2ccc(Cl)s2)c1O. The van der Waals surface area contributed by atoms with E-state index in [1.807, 2.05) is 0 Å². The average Bonchev–Trinajstić information content (AvgIpc) is 3.17. The van der Waals surface area contributed by atoms with Gasteiger partial charge >= 0.3 is 6.18 Å². The molecule has 0 radical (unpaired) electrons. The van der Waals surface area contributed by atoms with Gasteiger partial charge in [-0.3, -0.25) is 0 Å². The van der Waals surface area contributed by atoms with Gasteiger partial charge in [-0.1, -0.05) is 11.6 Å². The molecule has 0 unspecified atom stereocenters. The quantitative estimate of drug-likeness (QED) is 0.567. The fourth-order valence-electron chi connectivity index (χ4n) is 2.06. The third-order valence-corrected chi connectivity index (χ3v) is 5.63. The van der Waals surface area contributed by atoms with Crippen molar-refractivity contribution in [2.45, 2.75) is 19.7 Å². The van der Waals surface area contributed by atoms with Gasteiger partial charge in [-0.2, -0.15) is 13.2 Å². The predicted molar refractivity (Wildman–Crippen MR) is 92.6 cm³/mol. The third kappa shape index (κ3) is 4.08. The van der Waals surface area contributed by atoms with E-state index in [0.29, 0.717) is 31.8 Å². The molecule has 3 aromatic heterocycles. The highest BCUT2D eigenvalue weighted by Crippen LogP contribution is 2.40. The lowest BCUT2D eigenvalue weighted by molar-refractivity contribution is -0.134. The highest BCUT2D eigenvalue weighted by molar-refractivity contribution is 7.16. The summed E-state index contributed by atoms with van der Waals surface area (Å²) in [7, 11) is 0. The van der Waals surface area contributed by atoms with Gasteiger partial charge in [-0.15, -0.1) is 22.7 Å². The van der Waals surface area contributed by atoms with Crippen molar-refractivity contribution < 1.29 is 23.0 Å². The van der Waals surface area contributed by atoms with Gasteiger partial charge in [0.2, 0.25) is 0 Å². The number of hydrogen-bond donors (Lipinski definition) is 1. The lowest BCUT2D eigenvalue weighted by Crippen LogP contribution is -2.00. The van der Waals surface area contributed by atoms with E-state index in [0.717, 1.165) is 10.9 Å². The molecule has 0 bridgehead atoms. The van der Waals surface area contributed by atoms with Gasteiger partial charge in [0, 0.05) is 4.88 Å². The molecule has 0 fully saturated rings. The molecule has 0 saturated carbocycles. The molecule has 25 heavy (non-hydrogen) atoms. The number of hydrogen-bond acceptors (Lipinski definition) is 5. The minimum absolute atomic E-state index is 0.0264. The molecule has 0 aliphatic heterocycles. The van der Waals surface area contributed by atoms with Crippen molar-refractivity contribution in [1.82, 2.24) is 4.98 Å². The zero-order valence-electron chi connectivity index (χ0n) is 12.7. The first kappa shape index (κ1) is 18.0. The first-order chi connectivity index (χ1) is 11.7. The summed E-state index contributed by atoms with van der Waals surface area (Å²) in [4.78, 5) is 4.64. The van der Waals surface area contributed by atoms with Crippen molar-refractivity contribution in [1.29, 1.82) is 0 Å². The van der Waals surface area contributed by atoms with E-state index in [9.17, 15) is 18.3 Å². The molecule has 0 aliphatic rings. The van der Waals surface area contributed by atoms with Crippen LogP contribution in [0.4, 0.5) is 13.2 Å². The van der Waals surface area contributed by atoms with Gasteiger partial charge in [0.15, 0.2) is 5.75 Å². The first-order valence-electron chi connectivity index (χ1n) is 6.99. The second-order valence-corrected chi connectivity index (χ2v) is 8.02. The second kappa shape index (κ2) is 6.86. The maximum absolute atomic E-state index is 12.8. The number of alkyl halides is 3. The normalized spacial score (nSPS) is 11.7. The van der Waals surface area contributed by atoms with Crippen molar-refractivity contribution >= 4 is 34.3 Å². The molecule has 3 nitrogen and oxygen atoms in total. The third-order valence-electron chi connectivity index (χ3n) is 3.27. The maximum atomic E-state index is 12.8. The summed E-state index contributed by atoms with van der Waals surface area (Å²) in [6.07, 6.45) is -4.40. The van der Waals surface area contributed by atoms with E-state index in [1.54, 1.807) is 19.1 Å². The van der Waals surface area contributed by atoms with E-state index in [-0.39, 0.29) is 18.2 Å². The number of rotatable bonds is 4. The van der Waals surface area contributed by atoms with Gasteiger partial charge in [0.1, 0.15) is 11.5 Å². The number of thiophene rings is 2. The fourth-order valence-corrected chi connectivity index (χ4v) is 3.90. The number of ether oxygens (including phenoxy) is 1. The first-order valence-corrected chi connectivity index (χ1v) is 9.00. The van der Waals surface area contributed by atoms with Crippen molar-refractivity contribution in [3.8, 4) is 22.2 Å². The average molecular weight is 406 g/mol. The number of aryl methyl sites for hydroxylation is 1. The maximum Gasteiger partial charge on any atom is 0.425 e. The molecular weight excluding hydrogens is 395 g/mol. The minimum Gasteiger partial charge on any atom is -0.503 e. The molecule has 132 valence electrons. The standard InChI is InChI=1S/C16H11ClF3NO2S2/c1-8-6-10(11-3-4-12(25-11)16(18,19)20)21-15(14(8)22)23-7-9-2-5-13(17)24-9/h2-6,22H,7H2,1H3. The summed E-state index contributed by atoms with van der Waals surface area (Å²) in [5.74, 6) is -0.166. The molecule has 0 amide bonds. The number of halogens is 4. The van der Waals surface area contributed by atoms with Crippen LogP contribution in [0.5, 0.6) is 11.6 Å². The van der Waals surface area contributed by atoms with Crippen molar-refractivity contribution in [2.24, 2.45) is 0 Å². The van der Waals surface area contributed by atoms with Crippen LogP contribution in [0.2, 0.25) is 4.34 Å².